The third-order valence-corrected chi connectivity index (χ3v) is 3.26. The molecule has 1 aliphatic heterocycles. The number of ketones is 1. The Balaban J connectivity index is 2.53. The quantitative estimate of drug-likeness (QED) is 0.704. The minimum atomic E-state index is -0.431. The summed E-state index contributed by atoms with van der Waals surface area (Å²) in [4.78, 5) is 26.1. The van der Waals surface area contributed by atoms with Gasteiger partial charge in [0.25, 0.3) is 0 Å². The molecule has 0 atom stereocenters. The van der Waals surface area contributed by atoms with Crippen molar-refractivity contribution in [2.45, 2.75) is 34.1 Å². The number of benzene rings is 1. The van der Waals surface area contributed by atoms with Gasteiger partial charge in [-0.3, -0.25) is 9.59 Å². The van der Waals surface area contributed by atoms with E-state index >= 15 is 0 Å². The molecule has 0 radical (unpaired) electrons. The number of carbonyl (C=O) groups excluding carboxylic acids is 2. The standard InChI is InChI=1S/C15H19NO2/c1-10-6-5-7-11-12(17)8-9-16(13(10)11)14(18)15(2,3)4/h5-7H,8-9H2,1-4H3. The Morgan fingerprint density at radius 1 is 1.28 bits per heavy atom. The molecular weight excluding hydrogens is 226 g/mol. The lowest BCUT2D eigenvalue weighted by Crippen LogP contribution is -2.44. The number of hydrogen-bond acceptors (Lipinski definition) is 2. The van der Waals surface area contributed by atoms with E-state index in [2.05, 4.69) is 0 Å². The van der Waals surface area contributed by atoms with Crippen LogP contribution in [0.15, 0.2) is 18.2 Å². The van der Waals surface area contributed by atoms with Gasteiger partial charge in [0.15, 0.2) is 5.78 Å². The Kier molecular flexibility index (Phi) is 3.01. The number of amides is 1. The average molecular weight is 245 g/mol. The van der Waals surface area contributed by atoms with E-state index in [1.54, 1.807) is 4.90 Å². The molecule has 0 fully saturated rings. The van der Waals surface area contributed by atoms with Crippen molar-refractivity contribution in [1.29, 1.82) is 0 Å². The van der Waals surface area contributed by atoms with Crippen molar-refractivity contribution in [2.24, 2.45) is 5.41 Å². The fourth-order valence-corrected chi connectivity index (χ4v) is 2.31. The lowest BCUT2D eigenvalue weighted by molar-refractivity contribution is -0.125. The zero-order chi connectivity index (χ0) is 13.5. The average Bonchev–Trinajstić information content (AvgIpc) is 2.29. The van der Waals surface area contributed by atoms with E-state index in [0.29, 0.717) is 18.5 Å². The minimum absolute atomic E-state index is 0.0746. The van der Waals surface area contributed by atoms with Crippen molar-refractivity contribution in [1.82, 2.24) is 0 Å². The zero-order valence-corrected chi connectivity index (χ0v) is 11.4. The summed E-state index contributed by atoms with van der Waals surface area (Å²) in [5.74, 6) is 0.206. The van der Waals surface area contributed by atoms with Crippen molar-refractivity contribution < 1.29 is 9.59 Å². The van der Waals surface area contributed by atoms with E-state index in [0.717, 1.165) is 11.3 Å². The van der Waals surface area contributed by atoms with E-state index in [4.69, 9.17) is 0 Å². The van der Waals surface area contributed by atoms with Crippen molar-refractivity contribution in [3.05, 3.63) is 29.3 Å². The highest BCUT2D eigenvalue weighted by Crippen LogP contribution is 2.33. The first-order valence-electron chi connectivity index (χ1n) is 6.27. The van der Waals surface area contributed by atoms with Gasteiger partial charge in [0.2, 0.25) is 5.91 Å². The molecule has 2 rings (SSSR count). The molecule has 96 valence electrons. The largest absolute Gasteiger partial charge is 0.311 e. The van der Waals surface area contributed by atoms with Crippen LogP contribution in [-0.4, -0.2) is 18.2 Å². The summed E-state index contributed by atoms with van der Waals surface area (Å²) in [7, 11) is 0. The van der Waals surface area contributed by atoms with Crippen LogP contribution in [0.3, 0.4) is 0 Å². The topological polar surface area (TPSA) is 37.4 Å². The summed E-state index contributed by atoms with van der Waals surface area (Å²) in [6, 6.07) is 5.63. The molecule has 1 heterocycles. The van der Waals surface area contributed by atoms with Crippen LogP contribution in [0.1, 0.15) is 43.1 Å². The lowest BCUT2D eigenvalue weighted by atomic mass is 9.90. The molecule has 0 unspecified atom stereocenters. The molecule has 1 aromatic carbocycles. The predicted molar refractivity (Wildman–Crippen MR) is 71.9 cm³/mol. The second-order valence-corrected chi connectivity index (χ2v) is 5.85. The predicted octanol–water partition coefficient (Wildman–Crippen LogP) is 2.96. The fourth-order valence-electron chi connectivity index (χ4n) is 2.31. The van der Waals surface area contributed by atoms with Crippen LogP contribution in [-0.2, 0) is 4.79 Å². The summed E-state index contributed by atoms with van der Waals surface area (Å²) in [5, 5.41) is 0. The maximum Gasteiger partial charge on any atom is 0.232 e. The highest BCUT2D eigenvalue weighted by molar-refractivity contribution is 6.10. The maximum absolute atomic E-state index is 12.5. The summed E-state index contributed by atoms with van der Waals surface area (Å²) in [6.07, 6.45) is 0.415. The fraction of sp³-hybridized carbons (Fsp3) is 0.467. The van der Waals surface area contributed by atoms with Gasteiger partial charge in [0.1, 0.15) is 0 Å². The molecule has 0 bridgehead atoms. The Morgan fingerprint density at radius 3 is 2.56 bits per heavy atom. The van der Waals surface area contributed by atoms with Crippen molar-refractivity contribution in [2.75, 3.05) is 11.4 Å². The Morgan fingerprint density at radius 2 is 1.94 bits per heavy atom. The lowest BCUT2D eigenvalue weighted by Gasteiger charge is -2.34. The van der Waals surface area contributed by atoms with Crippen molar-refractivity contribution in [3.63, 3.8) is 0 Å². The molecule has 1 amide bonds. The van der Waals surface area contributed by atoms with Gasteiger partial charge in [0.05, 0.1) is 5.69 Å². The molecule has 0 aliphatic carbocycles. The molecule has 1 aromatic rings. The van der Waals surface area contributed by atoms with Crippen LogP contribution >= 0.6 is 0 Å². The molecule has 0 N–H and O–H groups in total. The number of aryl methyl sites for hydroxylation is 1. The maximum atomic E-state index is 12.5. The number of Topliss-reactive ketones (excluding diaryl/α,β-unsaturated/α-hetero) is 1. The smallest absolute Gasteiger partial charge is 0.232 e. The van der Waals surface area contributed by atoms with Crippen LogP contribution in [0.25, 0.3) is 0 Å². The first kappa shape index (κ1) is 12.8. The number of nitrogens with zero attached hydrogens (tertiary/aromatic N) is 1. The molecule has 3 nitrogen and oxygen atoms in total. The zero-order valence-electron chi connectivity index (χ0n) is 11.4. The molecule has 1 aliphatic rings. The first-order valence-corrected chi connectivity index (χ1v) is 6.27. The van der Waals surface area contributed by atoms with Crippen LogP contribution in [0, 0.1) is 12.3 Å². The van der Waals surface area contributed by atoms with Gasteiger partial charge >= 0.3 is 0 Å². The van der Waals surface area contributed by atoms with E-state index < -0.39 is 5.41 Å². The third-order valence-electron chi connectivity index (χ3n) is 3.26. The number of anilines is 1. The SMILES string of the molecule is Cc1cccc2c1N(C(=O)C(C)(C)C)CCC2=O. The van der Waals surface area contributed by atoms with Crippen LogP contribution in [0.4, 0.5) is 5.69 Å². The highest BCUT2D eigenvalue weighted by atomic mass is 16.2. The molecule has 0 aromatic heterocycles. The highest BCUT2D eigenvalue weighted by Gasteiger charge is 2.34. The normalized spacial score (nSPS) is 15.6. The van der Waals surface area contributed by atoms with Gasteiger partial charge < -0.3 is 4.90 Å². The molecule has 0 spiro atoms. The van der Waals surface area contributed by atoms with Crippen LogP contribution < -0.4 is 4.90 Å². The Labute approximate surface area is 108 Å². The van der Waals surface area contributed by atoms with Gasteiger partial charge in [-0.2, -0.15) is 0 Å². The summed E-state index contributed by atoms with van der Waals surface area (Å²) >= 11 is 0. The Hall–Kier alpha value is -1.64. The number of fused-ring (bicyclic) bond motifs is 1. The van der Waals surface area contributed by atoms with Crippen molar-refractivity contribution >= 4 is 17.4 Å². The van der Waals surface area contributed by atoms with E-state index in [1.807, 2.05) is 45.9 Å². The second-order valence-electron chi connectivity index (χ2n) is 5.85. The van der Waals surface area contributed by atoms with Crippen molar-refractivity contribution in [3.8, 4) is 0 Å². The first-order chi connectivity index (χ1) is 8.32. The molecule has 0 saturated heterocycles. The van der Waals surface area contributed by atoms with Gasteiger partial charge in [-0.1, -0.05) is 32.9 Å². The van der Waals surface area contributed by atoms with E-state index in [1.165, 1.54) is 0 Å². The molecular formula is C15H19NO2. The third kappa shape index (κ3) is 2.05. The van der Waals surface area contributed by atoms with E-state index in [-0.39, 0.29) is 11.7 Å². The number of carbonyl (C=O) groups is 2. The number of rotatable bonds is 0. The van der Waals surface area contributed by atoms with Gasteiger partial charge in [-0.25, -0.2) is 0 Å². The van der Waals surface area contributed by atoms with E-state index in [9.17, 15) is 9.59 Å². The molecule has 3 heteroatoms. The number of hydrogen-bond donors (Lipinski definition) is 0. The summed E-state index contributed by atoms with van der Waals surface area (Å²) in [6.45, 7) is 8.16. The second kappa shape index (κ2) is 4.23. The molecule has 18 heavy (non-hydrogen) atoms. The monoisotopic (exact) mass is 245 g/mol. The molecule has 0 saturated carbocycles. The van der Waals surface area contributed by atoms with Gasteiger partial charge in [-0.15, -0.1) is 0 Å². The van der Waals surface area contributed by atoms with Crippen LogP contribution in [0.5, 0.6) is 0 Å². The summed E-state index contributed by atoms with van der Waals surface area (Å²) in [5.41, 5.74) is 2.03. The Bertz CT molecular complexity index is 512. The summed E-state index contributed by atoms with van der Waals surface area (Å²) < 4.78 is 0. The number of para-hydroxylation sites is 1. The minimum Gasteiger partial charge on any atom is -0.311 e. The van der Waals surface area contributed by atoms with Gasteiger partial charge in [-0.05, 0) is 18.6 Å². The van der Waals surface area contributed by atoms with Crippen LogP contribution in [0.2, 0.25) is 0 Å². The van der Waals surface area contributed by atoms with Gasteiger partial charge in [0, 0.05) is 23.9 Å².